The molecule has 1 aliphatic heterocycles. The van der Waals surface area contributed by atoms with Crippen LogP contribution in [0.3, 0.4) is 0 Å². The summed E-state index contributed by atoms with van der Waals surface area (Å²) in [6.07, 6.45) is -0.274. The molecule has 0 radical (unpaired) electrons. The van der Waals surface area contributed by atoms with Crippen LogP contribution in [-0.2, 0) is 4.74 Å². The summed E-state index contributed by atoms with van der Waals surface area (Å²) in [7, 11) is 0. The predicted octanol–water partition coefficient (Wildman–Crippen LogP) is -0.298. The highest BCUT2D eigenvalue weighted by atomic mass is 16.5. The Bertz CT molecular complexity index is 92.3. The van der Waals surface area contributed by atoms with Crippen LogP contribution in [0, 0.1) is 0 Å². The van der Waals surface area contributed by atoms with Crippen molar-refractivity contribution in [2.24, 2.45) is 0 Å². The van der Waals surface area contributed by atoms with E-state index in [1.165, 1.54) is 0 Å². The smallest absolute Gasteiger partial charge is 0.151 e. The quantitative estimate of drug-likeness (QED) is 0.481. The fourth-order valence-corrected chi connectivity index (χ4v) is 0.697. The zero-order valence-electron chi connectivity index (χ0n) is 7.79. The summed E-state index contributed by atoms with van der Waals surface area (Å²) in [5.74, 6) is 0. The van der Waals surface area contributed by atoms with Crippen LogP contribution in [0.25, 0.3) is 0 Å². The van der Waals surface area contributed by atoms with Crippen molar-refractivity contribution in [1.29, 1.82) is 0 Å². The van der Waals surface area contributed by atoms with Gasteiger partial charge in [-0.3, -0.25) is 0 Å². The maximum atomic E-state index is 7.92. The minimum Gasteiger partial charge on any atom is -0.376 e. The highest BCUT2D eigenvalue weighted by Gasteiger charge is 2.04. The summed E-state index contributed by atoms with van der Waals surface area (Å²) in [6.45, 7) is 6.68. The monoisotopic (exact) mass is 177 g/mol. The topological polar surface area (TPSA) is 61.7 Å². The summed E-state index contributed by atoms with van der Waals surface area (Å²) < 4.78 is 5.22. The van der Waals surface area contributed by atoms with Crippen molar-refractivity contribution >= 4 is 0 Å². The third-order valence-corrected chi connectivity index (χ3v) is 1.48. The molecule has 1 saturated heterocycles. The highest BCUT2D eigenvalue weighted by molar-refractivity contribution is 4.59. The van der Waals surface area contributed by atoms with Crippen molar-refractivity contribution in [1.82, 2.24) is 5.32 Å². The number of aliphatic hydroxyl groups excluding tert-OH is 1. The Labute approximate surface area is 73.5 Å². The lowest BCUT2D eigenvalue weighted by atomic mass is 10.3. The SMILES string of the molecule is CC1CNCCO1.CCC(O)O. The predicted molar refractivity (Wildman–Crippen MR) is 46.8 cm³/mol. The van der Waals surface area contributed by atoms with Crippen LogP contribution in [0.4, 0.5) is 0 Å². The molecule has 0 spiro atoms. The van der Waals surface area contributed by atoms with Gasteiger partial charge in [-0.05, 0) is 13.3 Å². The van der Waals surface area contributed by atoms with E-state index in [4.69, 9.17) is 14.9 Å². The van der Waals surface area contributed by atoms with Crippen molar-refractivity contribution < 1.29 is 14.9 Å². The molecule has 0 amide bonds. The first-order valence-electron chi connectivity index (χ1n) is 4.35. The van der Waals surface area contributed by atoms with Gasteiger partial charge >= 0.3 is 0 Å². The molecule has 0 aromatic rings. The molecule has 3 N–H and O–H groups in total. The van der Waals surface area contributed by atoms with E-state index >= 15 is 0 Å². The molecule has 1 heterocycles. The van der Waals surface area contributed by atoms with Gasteiger partial charge in [0.05, 0.1) is 12.7 Å². The lowest BCUT2D eigenvalue weighted by molar-refractivity contribution is -0.0413. The van der Waals surface area contributed by atoms with Crippen LogP contribution < -0.4 is 5.32 Å². The second kappa shape index (κ2) is 7.49. The Hall–Kier alpha value is -0.160. The first-order valence-corrected chi connectivity index (χ1v) is 4.35. The molecule has 0 saturated carbocycles. The molecule has 1 atom stereocenters. The number of hydrogen-bond donors (Lipinski definition) is 3. The molecule has 12 heavy (non-hydrogen) atoms. The van der Waals surface area contributed by atoms with Crippen molar-refractivity contribution in [2.45, 2.75) is 32.7 Å². The molecule has 0 bridgehead atoms. The van der Waals surface area contributed by atoms with Crippen LogP contribution in [0.15, 0.2) is 0 Å². The van der Waals surface area contributed by atoms with E-state index in [9.17, 15) is 0 Å². The minimum absolute atomic E-state index is 0.417. The molecule has 1 unspecified atom stereocenters. The first-order chi connectivity index (χ1) is 5.66. The lowest BCUT2D eigenvalue weighted by Crippen LogP contribution is -2.36. The number of aliphatic hydroxyl groups is 2. The van der Waals surface area contributed by atoms with E-state index in [-0.39, 0.29) is 0 Å². The number of nitrogens with one attached hydrogen (secondary N) is 1. The summed E-state index contributed by atoms with van der Waals surface area (Å²) in [5.41, 5.74) is 0. The summed E-state index contributed by atoms with van der Waals surface area (Å²) >= 11 is 0. The molecular formula is C8H19NO3. The average molecular weight is 177 g/mol. The van der Waals surface area contributed by atoms with Crippen molar-refractivity contribution in [2.75, 3.05) is 19.7 Å². The zero-order chi connectivity index (χ0) is 9.40. The van der Waals surface area contributed by atoms with Gasteiger partial charge in [-0.15, -0.1) is 0 Å². The highest BCUT2D eigenvalue weighted by Crippen LogP contribution is 1.91. The number of morpholine rings is 1. The molecule has 4 nitrogen and oxygen atoms in total. The third-order valence-electron chi connectivity index (χ3n) is 1.48. The fraction of sp³-hybridized carbons (Fsp3) is 1.00. The second-order valence-electron chi connectivity index (χ2n) is 2.77. The number of ether oxygens (including phenoxy) is 1. The van der Waals surface area contributed by atoms with Crippen molar-refractivity contribution in [3.8, 4) is 0 Å². The van der Waals surface area contributed by atoms with E-state index in [2.05, 4.69) is 12.2 Å². The maximum Gasteiger partial charge on any atom is 0.151 e. The Morgan fingerprint density at radius 2 is 2.17 bits per heavy atom. The largest absolute Gasteiger partial charge is 0.376 e. The van der Waals surface area contributed by atoms with Crippen LogP contribution in [0.5, 0.6) is 0 Å². The molecular weight excluding hydrogens is 158 g/mol. The van der Waals surface area contributed by atoms with Gasteiger partial charge in [-0.2, -0.15) is 0 Å². The van der Waals surface area contributed by atoms with Crippen LogP contribution >= 0.6 is 0 Å². The van der Waals surface area contributed by atoms with Crippen molar-refractivity contribution in [3.63, 3.8) is 0 Å². The van der Waals surface area contributed by atoms with Gasteiger partial charge in [-0.1, -0.05) is 6.92 Å². The van der Waals surface area contributed by atoms with Crippen LogP contribution in [-0.4, -0.2) is 42.3 Å². The maximum absolute atomic E-state index is 7.92. The Kier molecular flexibility index (Phi) is 7.39. The summed E-state index contributed by atoms with van der Waals surface area (Å²) in [6, 6.07) is 0. The van der Waals surface area contributed by atoms with E-state index in [1.807, 2.05) is 0 Å². The number of rotatable bonds is 1. The van der Waals surface area contributed by atoms with Gasteiger partial charge in [-0.25, -0.2) is 0 Å². The Morgan fingerprint density at radius 1 is 1.58 bits per heavy atom. The second-order valence-corrected chi connectivity index (χ2v) is 2.77. The lowest BCUT2D eigenvalue weighted by Gasteiger charge is -2.18. The molecule has 1 fully saturated rings. The van der Waals surface area contributed by atoms with Crippen LogP contribution in [0.2, 0.25) is 0 Å². The molecule has 0 aromatic carbocycles. The van der Waals surface area contributed by atoms with Crippen LogP contribution in [0.1, 0.15) is 20.3 Å². The molecule has 74 valence electrons. The summed E-state index contributed by atoms with van der Waals surface area (Å²) in [4.78, 5) is 0. The van der Waals surface area contributed by atoms with Gasteiger partial charge < -0.3 is 20.3 Å². The average Bonchev–Trinajstić information content (AvgIpc) is 2.07. The molecule has 0 aromatic heterocycles. The third kappa shape index (κ3) is 7.94. The minimum atomic E-state index is -1.12. The van der Waals surface area contributed by atoms with E-state index < -0.39 is 6.29 Å². The van der Waals surface area contributed by atoms with Gasteiger partial charge in [0.15, 0.2) is 6.29 Å². The van der Waals surface area contributed by atoms with E-state index in [0.717, 1.165) is 19.7 Å². The van der Waals surface area contributed by atoms with Crippen molar-refractivity contribution in [3.05, 3.63) is 0 Å². The Morgan fingerprint density at radius 3 is 2.33 bits per heavy atom. The molecule has 1 rings (SSSR count). The number of hydrogen-bond acceptors (Lipinski definition) is 4. The first kappa shape index (κ1) is 11.8. The standard InChI is InChI=1S/C5H11NO.C3H8O2/c1-5-4-6-2-3-7-5;1-2-3(4)5/h5-6H,2-4H2,1H3;3-5H,2H2,1H3. The molecule has 0 aliphatic carbocycles. The van der Waals surface area contributed by atoms with Gasteiger partial charge in [0.1, 0.15) is 0 Å². The van der Waals surface area contributed by atoms with E-state index in [0.29, 0.717) is 12.5 Å². The van der Waals surface area contributed by atoms with Gasteiger partial charge in [0, 0.05) is 13.1 Å². The summed E-state index contributed by atoms with van der Waals surface area (Å²) in [5, 5.41) is 19.0. The molecule has 1 aliphatic rings. The molecule has 4 heteroatoms. The van der Waals surface area contributed by atoms with Gasteiger partial charge in [0.2, 0.25) is 0 Å². The Balaban J connectivity index is 0.000000217. The fourth-order valence-electron chi connectivity index (χ4n) is 0.697. The van der Waals surface area contributed by atoms with Gasteiger partial charge in [0.25, 0.3) is 0 Å². The zero-order valence-corrected chi connectivity index (χ0v) is 7.79. The van der Waals surface area contributed by atoms with E-state index in [1.54, 1.807) is 6.92 Å². The normalized spacial score (nSPS) is 23.2.